The third-order valence-electron chi connectivity index (χ3n) is 2.28. The molecule has 1 aromatic rings. The monoisotopic (exact) mass is 353 g/mol. The van der Waals surface area contributed by atoms with E-state index in [4.69, 9.17) is 27.9 Å². The second kappa shape index (κ2) is 6.52. The lowest BCUT2D eigenvalue weighted by Crippen LogP contribution is -2.42. The van der Waals surface area contributed by atoms with E-state index in [1.165, 1.54) is 25.1 Å². The van der Waals surface area contributed by atoms with Gasteiger partial charge in [0.2, 0.25) is 10.0 Å². The van der Waals surface area contributed by atoms with Crippen molar-refractivity contribution in [3.8, 4) is 0 Å². The molecule has 0 aromatic heterocycles. The molecule has 0 spiro atoms. The Morgan fingerprint density at radius 1 is 1.24 bits per heavy atom. The van der Waals surface area contributed by atoms with Crippen molar-refractivity contribution < 1.29 is 17.9 Å². The van der Waals surface area contributed by atoms with Crippen LogP contribution in [0.15, 0.2) is 23.1 Å². The Morgan fingerprint density at radius 2 is 1.71 bits per heavy atom. The number of halogens is 2. The van der Waals surface area contributed by atoms with Gasteiger partial charge in [-0.2, -0.15) is 4.72 Å². The van der Waals surface area contributed by atoms with E-state index in [2.05, 4.69) is 4.72 Å². The van der Waals surface area contributed by atoms with Gasteiger partial charge in [-0.3, -0.25) is 4.79 Å². The Balaban J connectivity index is 2.98. The van der Waals surface area contributed by atoms with Crippen LogP contribution >= 0.6 is 23.2 Å². The maximum Gasteiger partial charge on any atom is 0.324 e. The van der Waals surface area contributed by atoms with E-state index in [1.807, 2.05) is 0 Å². The first-order valence-electron chi connectivity index (χ1n) is 6.13. The minimum absolute atomic E-state index is 0.0219. The van der Waals surface area contributed by atoms with Crippen molar-refractivity contribution in [3.63, 3.8) is 0 Å². The molecular weight excluding hydrogens is 337 g/mol. The molecule has 5 nitrogen and oxygen atoms in total. The predicted octanol–water partition coefficient (Wildman–Crippen LogP) is 3.00. The standard InChI is InChI=1S/C13H17Cl2NO4S/c1-8(12(17)20-13(2,3)4)16-21(18,19)11-9(14)6-5-7-10(11)15/h5-8,16H,1-4H3/t8-/m1/s1. The van der Waals surface area contributed by atoms with Gasteiger partial charge in [-0.1, -0.05) is 29.3 Å². The molecule has 0 fully saturated rings. The summed E-state index contributed by atoms with van der Waals surface area (Å²) < 4.78 is 31.8. The van der Waals surface area contributed by atoms with Crippen molar-refractivity contribution in [1.29, 1.82) is 0 Å². The van der Waals surface area contributed by atoms with Gasteiger partial charge in [0.15, 0.2) is 0 Å². The molecule has 0 saturated carbocycles. The lowest BCUT2D eigenvalue weighted by Gasteiger charge is -2.22. The maximum atomic E-state index is 12.3. The fourth-order valence-corrected chi connectivity index (χ4v) is 3.81. The number of benzene rings is 1. The van der Waals surface area contributed by atoms with Gasteiger partial charge in [0.25, 0.3) is 0 Å². The summed E-state index contributed by atoms with van der Waals surface area (Å²) in [6.45, 7) is 6.46. The largest absolute Gasteiger partial charge is 0.459 e. The SMILES string of the molecule is C[C@@H](NS(=O)(=O)c1c(Cl)cccc1Cl)C(=O)OC(C)(C)C. The molecule has 0 aliphatic heterocycles. The molecule has 0 aliphatic rings. The predicted molar refractivity (Wildman–Crippen MR) is 82.1 cm³/mol. The van der Waals surface area contributed by atoms with Crippen LogP contribution in [0.4, 0.5) is 0 Å². The van der Waals surface area contributed by atoms with Crippen molar-refractivity contribution in [2.45, 2.75) is 44.2 Å². The highest BCUT2D eigenvalue weighted by Gasteiger charge is 2.28. The smallest absolute Gasteiger partial charge is 0.324 e. The zero-order chi connectivity index (χ0) is 16.4. The van der Waals surface area contributed by atoms with Crippen LogP contribution in [0.1, 0.15) is 27.7 Å². The second-order valence-corrected chi connectivity index (χ2v) is 7.89. The lowest BCUT2D eigenvalue weighted by atomic mass is 10.2. The summed E-state index contributed by atoms with van der Waals surface area (Å²) in [5.74, 6) is -0.686. The van der Waals surface area contributed by atoms with Crippen LogP contribution in [0.5, 0.6) is 0 Å². The van der Waals surface area contributed by atoms with E-state index < -0.39 is 27.6 Å². The number of carbonyl (C=O) groups is 1. The van der Waals surface area contributed by atoms with Crippen molar-refractivity contribution in [1.82, 2.24) is 4.72 Å². The summed E-state index contributed by atoms with van der Waals surface area (Å²) in [5, 5.41) is -0.0437. The number of sulfonamides is 1. The third-order valence-corrected chi connectivity index (χ3v) is 4.78. The number of esters is 1. The first kappa shape index (κ1) is 18.2. The maximum absolute atomic E-state index is 12.3. The average molecular weight is 354 g/mol. The van der Waals surface area contributed by atoms with Crippen LogP contribution in [0.3, 0.4) is 0 Å². The van der Waals surface area contributed by atoms with Crippen molar-refractivity contribution in [2.75, 3.05) is 0 Å². The zero-order valence-corrected chi connectivity index (χ0v) is 14.4. The van der Waals surface area contributed by atoms with Gasteiger partial charge in [-0.15, -0.1) is 0 Å². The summed E-state index contributed by atoms with van der Waals surface area (Å²) in [4.78, 5) is 11.6. The Morgan fingerprint density at radius 3 is 2.14 bits per heavy atom. The molecule has 1 aromatic carbocycles. The van der Waals surface area contributed by atoms with E-state index >= 15 is 0 Å². The van der Waals surface area contributed by atoms with Gasteiger partial charge in [0.1, 0.15) is 16.5 Å². The zero-order valence-electron chi connectivity index (χ0n) is 12.1. The summed E-state index contributed by atoms with van der Waals surface area (Å²) in [6.07, 6.45) is 0. The van der Waals surface area contributed by atoms with Gasteiger partial charge in [0, 0.05) is 0 Å². The van der Waals surface area contributed by atoms with E-state index in [1.54, 1.807) is 20.8 Å². The fourth-order valence-electron chi connectivity index (χ4n) is 1.47. The quantitative estimate of drug-likeness (QED) is 0.844. The van der Waals surface area contributed by atoms with Gasteiger partial charge in [0.05, 0.1) is 10.0 Å². The van der Waals surface area contributed by atoms with Crippen LogP contribution in [0, 0.1) is 0 Å². The molecule has 0 saturated heterocycles. The van der Waals surface area contributed by atoms with E-state index in [0.717, 1.165) is 0 Å². The van der Waals surface area contributed by atoms with Crippen LogP contribution < -0.4 is 4.72 Å². The summed E-state index contributed by atoms with van der Waals surface area (Å²) in [5.41, 5.74) is -0.710. The highest BCUT2D eigenvalue weighted by molar-refractivity contribution is 7.89. The van der Waals surface area contributed by atoms with Crippen molar-refractivity contribution in [2.24, 2.45) is 0 Å². The Labute approximate surface area is 134 Å². The first-order chi connectivity index (χ1) is 9.44. The molecule has 0 amide bonds. The van der Waals surface area contributed by atoms with Crippen molar-refractivity contribution >= 4 is 39.2 Å². The van der Waals surface area contributed by atoms with Crippen LogP contribution in [0.2, 0.25) is 10.0 Å². The van der Waals surface area contributed by atoms with Gasteiger partial charge < -0.3 is 4.74 Å². The van der Waals surface area contributed by atoms with E-state index in [-0.39, 0.29) is 14.9 Å². The molecule has 21 heavy (non-hydrogen) atoms. The average Bonchev–Trinajstić information content (AvgIpc) is 2.24. The molecule has 0 bridgehead atoms. The topological polar surface area (TPSA) is 72.5 Å². The Hall–Kier alpha value is -0.820. The summed E-state index contributed by atoms with van der Waals surface area (Å²) in [6, 6.07) is 3.27. The number of rotatable bonds is 4. The number of nitrogens with one attached hydrogen (secondary N) is 1. The minimum atomic E-state index is -4.04. The minimum Gasteiger partial charge on any atom is -0.459 e. The molecule has 0 aliphatic carbocycles. The molecule has 118 valence electrons. The molecule has 1 rings (SSSR count). The lowest BCUT2D eigenvalue weighted by molar-refractivity contribution is -0.156. The molecule has 8 heteroatoms. The van der Waals surface area contributed by atoms with Crippen LogP contribution in [0.25, 0.3) is 0 Å². The number of hydrogen-bond acceptors (Lipinski definition) is 4. The highest BCUT2D eigenvalue weighted by Crippen LogP contribution is 2.29. The fraction of sp³-hybridized carbons (Fsp3) is 0.462. The highest BCUT2D eigenvalue weighted by atomic mass is 35.5. The van der Waals surface area contributed by atoms with Crippen molar-refractivity contribution in [3.05, 3.63) is 28.2 Å². The van der Waals surface area contributed by atoms with Gasteiger partial charge >= 0.3 is 5.97 Å². The van der Waals surface area contributed by atoms with E-state index in [0.29, 0.717) is 0 Å². The second-order valence-electron chi connectivity index (χ2n) is 5.43. The molecule has 0 heterocycles. The third kappa shape index (κ3) is 5.14. The first-order valence-corrected chi connectivity index (χ1v) is 8.37. The Kier molecular flexibility index (Phi) is 5.66. The molecular formula is C13H17Cl2NO4S. The van der Waals surface area contributed by atoms with Gasteiger partial charge in [-0.25, -0.2) is 8.42 Å². The number of hydrogen-bond donors (Lipinski definition) is 1. The molecule has 1 atom stereocenters. The normalized spacial score (nSPS) is 13.8. The molecule has 1 N–H and O–H groups in total. The Bertz CT molecular complexity index is 618. The van der Waals surface area contributed by atoms with Crippen LogP contribution in [-0.4, -0.2) is 26.0 Å². The van der Waals surface area contributed by atoms with Gasteiger partial charge in [-0.05, 0) is 39.8 Å². The summed E-state index contributed by atoms with van der Waals surface area (Å²) in [7, 11) is -4.04. The number of ether oxygens (including phenoxy) is 1. The molecule has 0 radical (unpaired) electrons. The molecule has 0 unspecified atom stereocenters. The van der Waals surface area contributed by atoms with Crippen LogP contribution in [-0.2, 0) is 19.6 Å². The van der Waals surface area contributed by atoms with E-state index in [9.17, 15) is 13.2 Å². The summed E-state index contributed by atoms with van der Waals surface area (Å²) >= 11 is 11.7. The number of carbonyl (C=O) groups excluding carboxylic acids is 1.